The van der Waals surface area contributed by atoms with Gasteiger partial charge < -0.3 is 19.3 Å². The molecule has 33 heavy (non-hydrogen) atoms. The summed E-state index contributed by atoms with van der Waals surface area (Å²) in [5, 5.41) is 6.06. The quantitative estimate of drug-likeness (QED) is 0.479. The second-order valence-corrected chi connectivity index (χ2v) is 8.57. The lowest BCUT2D eigenvalue weighted by Crippen LogP contribution is -2.40. The molecule has 0 spiro atoms. The molecule has 1 aliphatic rings. The van der Waals surface area contributed by atoms with Gasteiger partial charge in [0.25, 0.3) is 5.56 Å². The van der Waals surface area contributed by atoms with Crippen molar-refractivity contribution in [2.75, 3.05) is 6.61 Å². The van der Waals surface area contributed by atoms with Crippen molar-refractivity contribution in [2.24, 2.45) is 0 Å². The maximum absolute atomic E-state index is 12.5. The smallest absolute Gasteiger partial charge is 0.250 e. The Balaban J connectivity index is 1.37. The zero-order valence-electron chi connectivity index (χ0n) is 19.6. The van der Waals surface area contributed by atoms with Crippen LogP contribution in [0.3, 0.4) is 0 Å². The van der Waals surface area contributed by atoms with E-state index in [1.165, 1.54) is 0 Å². The number of rotatable bonds is 9. The summed E-state index contributed by atoms with van der Waals surface area (Å²) in [6.45, 7) is 9.11. The lowest BCUT2D eigenvalue weighted by Gasteiger charge is -2.18. The summed E-state index contributed by atoms with van der Waals surface area (Å²) in [5.74, 6) is 1.54. The first-order chi connectivity index (χ1) is 15.9. The van der Waals surface area contributed by atoms with E-state index in [0.29, 0.717) is 19.2 Å². The van der Waals surface area contributed by atoms with Crippen LogP contribution in [0.25, 0.3) is 11.1 Å². The predicted octanol–water partition coefficient (Wildman–Crippen LogP) is 3.90. The van der Waals surface area contributed by atoms with Crippen molar-refractivity contribution in [3.8, 4) is 16.9 Å². The van der Waals surface area contributed by atoms with E-state index >= 15 is 0 Å². The molecule has 0 saturated heterocycles. The number of aromatic nitrogens is 2. The molecule has 3 heterocycles. The molecule has 0 bridgehead atoms. The number of ether oxygens (including phenoxy) is 1. The molecule has 0 radical (unpaired) electrons. The standard InChI is InChI=1S/C25H31N5O3/c1-17(2)30-16-22(26-28-30)8-6-12-32-23-9-5-7-20(13-23)14-29-15-21(10-11-24(29)31)25-18(3)27-33-19(25)4/h5,7,9-11,13,15-17,26,28H,6,8,12,14H2,1-4H3. The first kappa shape index (κ1) is 22.7. The Hall–Kier alpha value is -3.52. The van der Waals surface area contributed by atoms with Gasteiger partial charge in [0.15, 0.2) is 0 Å². The van der Waals surface area contributed by atoms with E-state index in [0.717, 1.165) is 52.4 Å². The van der Waals surface area contributed by atoms with E-state index in [9.17, 15) is 4.79 Å². The van der Waals surface area contributed by atoms with Gasteiger partial charge in [-0.1, -0.05) is 17.3 Å². The van der Waals surface area contributed by atoms with Crippen molar-refractivity contribution < 1.29 is 9.26 Å². The lowest BCUT2D eigenvalue weighted by atomic mass is 10.1. The normalized spacial score (nSPS) is 13.4. The summed E-state index contributed by atoms with van der Waals surface area (Å²) in [7, 11) is 0. The lowest BCUT2D eigenvalue weighted by molar-refractivity contribution is 0.220. The molecule has 2 N–H and O–H groups in total. The summed E-state index contributed by atoms with van der Waals surface area (Å²) in [6, 6.07) is 11.7. The molecule has 0 atom stereocenters. The minimum absolute atomic E-state index is 0.0572. The zero-order valence-corrected chi connectivity index (χ0v) is 19.6. The van der Waals surface area contributed by atoms with Gasteiger partial charge in [-0.15, -0.1) is 5.53 Å². The average molecular weight is 450 g/mol. The fourth-order valence-corrected chi connectivity index (χ4v) is 3.85. The third kappa shape index (κ3) is 5.46. The van der Waals surface area contributed by atoms with Crippen LogP contribution in [0.5, 0.6) is 5.75 Å². The summed E-state index contributed by atoms with van der Waals surface area (Å²) in [4.78, 5) is 12.5. The van der Waals surface area contributed by atoms with Crippen molar-refractivity contribution >= 4 is 0 Å². The van der Waals surface area contributed by atoms with Gasteiger partial charge in [0.05, 0.1) is 18.8 Å². The van der Waals surface area contributed by atoms with Gasteiger partial charge in [-0.05, 0) is 64.3 Å². The number of benzene rings is 1. The molecule has 4 rings (SSSR count). The van der Waals surface area contributed by atoms with Gasteiger partial charge in [0.2, 0.25) is 0 Å². The second-order valence-electron chi connectivity index (χ2n) is 8.57. The molecule has 8 heteroatoms. The number of nitrogens with zero attached hydrogens (tertiary/aromatic N) is 3. The topological polar surface area (TPSA) is 84.6 Å². The Morgan fingerprint density at radius 1 is 1.18 bits per heavy atom. The average Bonchev–Trinajstić information content (AvgIpc) is 3.40. The fraction of sp³-hybridized carbons (Fsp3) is 0.360. The number of allylic oxidation sites excluding steroid dienone is 1. The van der Waals surface area contributed by atoms with Crippen molar-refractivity contribution in [3.63, 3.8) is 0 Å². The Morgan fingerprint density at radius 2 is 2.03 bits per heavy atom. The monoisotopic (exact) mass is 449 g/mol. The molecule has 0 saturated carbocycles. The molecular formula is C25H31N5O3. The fourth-order valence-electron chi connectivity index (χ4n) is 3.85. The number of hydrogen-bond donors (Lipinski definition) is 2. The molecule has 0 fully saturated rings. The Kier molecular flexibility index (Phi) is 6.84. The number of aryl methyl sites for hydroxylation is 2. The van der Waals surface area contributed by atoms with Gasteiger partial charge in [0.1, 0.15) is 11.5 Å². The van der Waals surface area contributed by atoms with Crippen molar-refractivity contribution in [2.45, 2.75) is 53.1 Å². The first-order valence-electron chi connectivity index (χ1n) is 11.3. The zero-order chi connectivity index (χ0) is 23.4. The highest BCUT2D eigenvalue weighted by molar-refractivity contribution is 5.66. The molecule has 1 aromatic carbocycles. The van der Waals surface area contributed by atoms with Crippen LogP contribution in [0, 0.1) is 13.8 Å². The van der Waals surface area contributed by atoms with Crippen LogP contribution in [0.15, 0.2) is 63.8 Å². The van der Waals surface area contributed by atoms with Crippen LogP contribution in [0.1, 0.15) is 43.7 Å². The molecule has 0 aliphatic carbocycles. The molecule has 2 aromatic heterocycles. The number of hydrazine groups is 2. The van der Waals surface area contributed by atoms with E-state index in [2.05, 4.69) is 36.2 Å². The maximum Gasteiger partial charge on any atom is 0.250 e. The van der Waals surface area contributed by atoms with Crippen LogP contribution >= 0.6 is 0 Å². The number of hydrogen-bond acceptors (Lipinski definition) is 7. The minimum atomic E-state index is -0.0572. The molecule has 174 valence electrons. The van der Waals surface area contributed by atoms with Gasteiger partial charge >= 0.3 is 0 Å². The Labute approximate surface area is 193 Å². The highest BCUT2D eigenvalue weighted by Gasteiger charge is 2.14. The second kappa shape index (κ2) is 9.95. The van der Waals surface area contributed by atoms with Crippen molar-refractivity contribution in [1.29, 1.82) is 0 Å². The van der Waals surface area contributed by atoms with E-state index in [1.807, 2.05) is 55.4 Å². The number of pyridine rings is 1. The van der Waals surface area contributed by atoms with Crippen LogP contribution in [-0.4, -0.2) is 27.4 Å². The van der Waals surface area contributed by atoms with E-state index in [-0.39, 0.29) is 5.56 Å². The third-order valence-corrected chi connectivity index (χ3v) is 5.61. The highest BCUT2D eigenvalue weighted by Crippen LogP contribution is 2.26. The van der Waals surface area contributed by atoms with Gasteiger partial charge in [-0.3, -0.25) is 9.80 Å². The first-order valence-corrected chi connectivity index (χ1v) is 11.3. The summed E-state index contributed by atoms with van der Waals surface area (Å²) >= 11 is 0. The van der Waals surface area contributed by atoms with Crippen molar-refractivity contribution in [1.82, 2.24) is 25.7 Å². The Morgan fingerprint density at radius 3 is 2.76 bits per heavy atom. The highest BCUT2D eigenvalue weighted by atomic mass is 16.5. The van der Waals surface area contributed by atoms with Crippen molar-refractivity contribution in [3.05, 3.63) is 81.9 Å². The summed E-state index contributed by atoms with van der Waals surface area (Å²) in [6.07, 6.45) is 5.76. The Bertz CT molecular complexity index is 1180. The largest absolute Gasteiger partial charge is 0.494 e. The maximum atomic E-state index is 12.5. The van der Waals surface area contributed by atoms with Gasteiger partial charge in [-0.25, -0.2) is 0 Å². The van der Waals surface area contributed by atoms with E-state index in [1.54, 1.807) is 10.6 Å². The SMILES string of the molecule is Cc1noc(C)c1-c1ccc(=O)n(Cc2cccc(OCCCC3=CN(C(C)C)NN3)c2)c1. The molecule has 8 nitrogen and oxygen atoms in total. The van der Waals surface area contributed by atoms with Crippen LogP contribution in [0.2, 0.25) is 0 Å². The molecule has 3 aromatic rings. The molecule has 0 unspecified atom stereocenters. The third-order valence-electron chi connectivity index (χ3n) is 5.61. The van der Waals surface area contributed by atoms with E-state index in [4.69, 9.17) is 9.26 Å². The summed E-state index contributed by atoms with van der Waals surface area (Å²) in [5.41, 5.74) is 11.1. The minimum Gasteiger partial charge on any atom is -0.494 e. The van der Waals surface area contributed by atoms with Crippen LogP contribution in [-0.2, 0) is 6.54 Å². The van der Waals surface area contributed by atoms with Crippen LogP contribution < -0.4 is 21.3 Å². The molecule has 1 aliphatic heterocycles. The molecular weight excluding hydrogens is 418 g/mol. The van der Waals surface area contributed by atoms with Crippen LogP contribution in [0.4, 0.5) is 0 Å². The predicted molar refractivity (Wildman–Crippen MR) is 127 cm³/mol. The number of nitrogens with one attached hydrogen (secondary N) is 2. The molecule has 0 amide bonds. The van der Waals surface area contributed by atoms with Gasteiger partial charge in [-0.2, -0.15) is 0 Å². The van der Waals surface area contributed by atoms with Gasteiger partial charge in [0, 0.05) is 41.3 Å². The summed E-state index contributed by atoms with van der Waals surface area (Å²) < 4.78 is 12.9. The van der Waals surface area contributed by atoms with E-state index < -0.39 is 0 Å².